The molecule has 2 aromatic carbocycles. The summed E-state index contributed by atoms with van der Waals surface area (Å²) in [5.74, 6) is -0.553. The molecule has 1 aliphatic rings. The molecule has 0 aliphatic heterocycles. The highest BCUT2D eigenvalue weighted by Gasteiger charge is 2.25. The van der Waals surface area contributed by atoms with E-state index in [4.69, 9.17) is 4.84 Å². The number of likely N-dealkylation sites (N-methyl/N-ethyl adjacent to an activating group) is 1. The van der Waals surface area contributed by atoms with Gasteiger partial charge in [0.15, 0.2) is 5.82 Å². The van der Waals surface area contributed by atoms with Crippen LogP contribution in [0.15, 0.2) is 35.1 Å². The standard InChI is InChI=1S/C28H38BrFN6O2/c1-3-31-12-13-32-11-5-4-6-14-36-18-33-27-24(36)16-22(28(37)35-38-17-20-7-8-20)26(25(27)30)34-23-10-9-21(29)15-19(23)2/h9-10,15-16,18,20,31-32,34H,3-8,11-14,17H2,1-2H3,(H,35,37). The maximum Gasteiger partial charge on any atom is 0.277 e. The fourth-order valence-electron chi connectivity index (χ4n) is 4.29. The van der Waals surface area contributed by atoms with Gasteiger partial charge in [0.2, 0.25) is 0 Å². The molecular formula is C28H38BrFN6O2. The number of carbonyl (C=O) groups is 1. The Hall–Kier alpha value is -2.53. The van der Waals surface area contributed by atoms with Crippen LogP contribution in [0.5, 0.6) is 0 Å². The minimum Gasteiger partial charge on any atom is -0.352 e. The van der Waals surface area contributed by atoms with E-state index in [1.807, 2.05) is 29.7 Å². The fourth-order valence-corrected chi connectivity index (χ4v) is 4.77. The molecule has 0 unspecified atom stereocenters. The van der Waals surface area contributed by atoms with Gasteiger partial charge in [0.25, 0.3) is 5.91 Å². The zero-order valence-electron chi connectivity index (χ0n) is 22.2. The fraction of sp³-hybridized carbons (Fsp3) is 0.500. The molecule has 1 aliphatic carbocycles. The van der Waals surface area contributed by atoms with Crippen LogP contribution in [0.4, 0.5) is 15.8 Å². The highest BCUT2D eigenvalue weighted by Crippen LogP contribution is 2.33. The number of rotatable bonds is 16. The molecule has 206 valence electrons. The molecule has 38 heavy (non-hydrogen) atoms. The smallest absolute Gasteiger partial charge is 0.277 e. The summed E-state index contributed by atoms with van der Waals surface area (Å²) in [6, 6.07) is 7.36. The number of halogens is 2. The van der Waals surface area contributed by atoms with Crippen molar-refractivity contribution in [2.45, 2.75) is 52.5 Å². The van der Waals surface area contributed by atoms with Crippen molar-refractivity contribution in [3.05, 3.63) is 52.0 Å². The first-order chi connectivity index (χ1) is 18.5. The van der Waals surface area contributed by atoms with Crippen LogP contribution < -0.4 is 21.4 Å². The Bertz CT molecular complexity index is 1230. The topological polar surface area (TPSA) is 92.2 Å². The van der Waals surface area contributed by atoms with Gasteiger partial charge in [-0.25, -0.2) is 14.9 Å². The minimum atomic E-state index is -0.555. The highest BCUT2D eigenvalue weighted by molar-refractivity contribution is 9.10. The Balaban J connectivity index is 1.49. The minimum absolute atomic E-state index is 0.0873. The molecule has 1 aromatic heterocycles. The first kappa shape index (κ1) is 28.5. The van der Waals surface area contributed by atoms with Crippen LogP contribution in [0.25, 0.3) is 11.0 Å². The average molecular weight is 590 g/mol. The zero-order chi connectivity index (χ0) is 26.9. The van der Waals surface area contributed by atoms with Crippen LogP contribution in [0.3, 0.4) is 0 Å². The number of hydrogen-bond acceptors (Lipinski definition) is 6. The number of hydrogen-bond donors (Lipinski definition) is 4. The average Bonchev–Trinajstić information content (AvgIpc) is 3.63. The maximum absolute atomic E-state index is 15.9. The van der Waals surface area contributed by atoms with E-state index in [1.165, 1.54) is 0 Å². The predicted octanol–water partition coefficient (Wildman–Crippen LogP) is 5.43. The van der Waals surface area contributed by atoms with E-state index >= 15 is 4.39 Å². The second-order valence-electron chi connectivity index (χ2n) is 9.85. The lowest BCUT2D eigenvalue weighted by atomic mass is 10.1. The quantitative estimate of drug-likeness (QED) is 0.132. The second kappa shape index (κ2) is 14.0. The molecule has 0 spiro atoms. The lowest BCUT2D eigenvalue weighted by Crippen LogP contribution is -2.27. The van der Waals surface area contributed by atoms with E-state index in [-0.39, 0.29) is 16.8 Å². The number of nitrogens with one attached hydrogen (secondary N) is 4. The molecule has 4 rings (SSSR count). The van der Waals surface area contributed by atoms with E-state index in [2.05, 4.69) is 49.3 Å². The van der Waals surface area contributed by atoms with Gasteiger partial charge in [-0.05, 0) is 81.4 Å². The zero-order valence-corrected chi connectivity index (χ0v) is 23.8. The Morgan fingerprint density at radius 2 is 1.97 bits per heavy atom. The van der Waals surface area contributed by atoms with Crippen molar-refractivity contribution in [2.75, 3.05) is 38.1 Å². The van der Waals surface area contributed by atoms with Crippen molar-refractivity contribution >= 4 is 44.2 Å². The van der Waals surface area contributed by atoms with Gasteiger partial charge < -0.3 is 20.5 Å². The number of aryl methyl sites for hydroxylation is 2. The first-order valence-electron chi connectivity index (χ1n) is 13.5. The lowest BCUT2D eigenvalue weighted by molar-refractivity contribution is 0.0271. The summed E-state index contributed by atoms with van der Waals surface area (Å²) in [6.45, 7) is 9.09. The summed E-state index contributed by atoms with van der Waals surface area (Å²) in [6.07, 6.45) is 6.92. The molecule has 0 radical (unpaired) electrons. The third-order valence-corrected chi connectivity index (χ3v) is 7.20. The molecule has 3 aromatic rings. The number of fused-ring (bicyclic) bond motifs is 1. The number of unbranched alkanes of at least 4 members (excludes halogenated alkanes) is 2. The number of imidazole rings is 1. The van der Waals surface area contributed by atoms with Crippen molar-refractivity contribution in [1.82, 2.24) is 25.7 Å². The number of aromatic nitrogens is 2. The predicted molar refractivity (Wildman–Crippen MR) is 153 cm³/mol. The van der Waals surface area contributed by atoms with Crippen molar-refractivity contribution in [1.29, 1.82) is 0 Å². The van der Waals surface area contributed by atoms with Crippen molar-refractivity contribution in [3.63, 3.8) is 0 Å². The van der Waals surface area contributed by atoms with E-state index in [0.717, 1.165) is 68.3 Å². The number of benzene rings is 2. The monoisotopic (exact) mass is 588 g/mol. The molecule has 1 fully saturated rings. The van der Waals surface area contributed by atoms with E-state index < -0.39 is 11.7 Å². The van der Waals surface area contributed by atoms with Gasteiger partial charge in [-0.1, -0.05) is 29.3 Å². The van der Waals surface area contributed by atoms with Gasteiger partial charge >= 0.3 is 0 Å². The summed E-state index contributed by atoms with van der Waals surface area (Å²) in [5.41, 5.74) is 5.23. The normalized spacial score (nSPS) is 13.3. The van der Waals surface area contributed by atoms with Crippen molar-refractivity contribution < 1.29 is 14.0 Å². The third kappa shape index (κ3) is 7.75. The van der Waals surface area contributed by atoms with Gasteiger partial charge in [0.1, 0.15) is 5.52 Å². The van der Waals surface area contributed by atoms with Gasteiger partial charge in [-0.3, -0.25) is 9.63 Å². The molecule has 10 heteroatoms. The molecule has 1 amide bonds. The summed E-state index contributed by atoms with van der Waals surface area (Å²) < 4.78 is 18.7. The Morgan fingerprint density at radius 1 is 1.16 bits per heavy atom. The van der Waals surface area contributed by atoms with Gasteiger partial charge in [0.05, 0.1) is 29.7 Å². The van der Waals surface area contributed by atoms with Crippen molar-refractivity contribution in [3.8, 4) is 0 Å². The van der Waals surface area contributed by atoms with Crippen LogP contribution in [-0.2, 0) is 11.4 Å². The van der Waals surface area contributed by atoms with Crippen molar-refractivity contribution in [2.24, 2.45) is 5.92 Å². The van der Waals surface area contributed by atoms with Crippen LogP contribution in [0, 0.1) is 18.7 Å². The molecule has 1 saturated carbocycles. The van der Waals surface area contributed by atoms with Crippen LogP contribution >= 0.6 is 15.9 Å². The van der Waals surface area contributed by atoms with Crippen LogP contribution in [0.1, 0.15) is 54.9 Å². The number of carbonyl (C=O) groups excluding carboxylic acids is 1. The third-order valence-electron chi connectivity index (χ3n) is 6.71. The Labute approximate surface area is 232 Å². The molecular weight excluding hydrogens is 551 g/mol. The Morgan fingerprint density at radius 3 is 2.74 bits per heavy atom. The largest absolute Gasteiger partial charge is 0.352 e. The number of hydroxylamine groups is 1. The molecule has 1 heterocycles. The highest BCUT2D eigenvalue weighted by atomic mass is 79.9. The van der Waals surface area contributed by atoms with Gasteiger partial charge in [-0.2, -0.15) is 0 Å². The number of anilines is 2. The lowest BCUT2D eigenvalue weighted by Gasteiger charge is -2.16. The first-order valence-corrected chi connectivity index (χ1v) is 14.3. The van der Waals surface area contributed by atoms with Gasteiger partial charge in [0, 0.05) is 29.8 Å². The van der Waals surface area contributed by atoms with E-state index in [1.54, 1.807) is 12.4 Å². The van der Waals surface area contributed by atoms with E-state index in [9.17, 15) is 4.79 Å². The summed E-state index contributed by atoms with van der Waals surface area (Å²) >= 11 is 3.46. The molecule has 0 saturated heterocycles. The summed E-state index contributed by atoms with van der Waals surface area (Å²) in [4.78, 5) is 23.0. The number of amides is 1. The summed E-state index contributed by atoms with van der Waals surface area (Å²) in [7, 11) is 0. The Kier molecular flexibility index (Phi) is 10.5. The molecule has 0 bridgehead atoms. The summed E-state index contributed by atoms with van der Waals surface area (Å²) in [5, 5.41) is 9.87. The molecule has 8 nitrogen and oxygen atoms in total. The number of nitrogens with zero attached hydrogens (tertiary/aromatic N) is 2. The van der Waals surface area contributed by atoms with E-state index in [0.29, 0.717) is 30.3 Å². The SMILES string of the molecule is CCNCCNCCCCCn1cnc2c(F)c(Nc3ccc(Br)cc3C)c(C(=O)NOCC3CC3)cc21. The van der Waals surface area contributed by atoms with Crippen LogP contribution in [-0.4, -0.2) is 48.2 Å². The molecule has 4 N–H and O–H groups in total. The second-order valence-corrected chi connectivity index (χ2v) is 10.8. The molecule has 0 atom stereocenters. The van der Waals surface area contributed by atoms with Crippen LogP contribution in [0.2, 0.25) is 0 Å². The maximum atomic E-state index is 15.9. The van der Waals surface area contributed by atoms with Gasteiger partial charge in [-0.15, -0.1) is 0 Å².